The van der Waals surface area contributed by atoms with E-state index in [4.69, 9.17) is 10.4 Å². The molecule has 0 aliphatic heterocycles. The zero-order valence-electron chi connectivity index (χ0n) is 11.7. The van der Waals surface area contributed by atoms with Crippen LogP contribution < -0.4 is 4.90 Å². The second-order valence-electron chi connectivity index (χ2n) is 5.11. The van der Waals surface area contributed by atoms with E-state index in [2.05, 4.69) is 34.8 Å². The fourth-order valence-corrected chi connectivity index (χ4v) is 2.65. The Labute approximate surface area is 120 Å². The first-order valence-corrected chi connectivity index (χ1v) is 6.93. The summed E-state index contributed by atoms with van der Waals surface area (Å²) in [5.74, 6) is 7.20. The highest BCUT2D eigenvalue weighted by molar-refractivity contribution is 5.42. The van der Waals surface area contributed by atoms with Gasteiger partial charge in [-0.2, -0.15) is 5.26 Å². The van der Waals surface area contributed by atoms with Gasteiger partial charge in [0, 0.05) is 25.2 Å². The topological polar surface area (TPSA) is 60.2 Å². The second-order valence-corrected chi connectivity index (χ2v) is 5.11. The summed E-state index contributed by atoms with van der Waals surface area (Å²) < 4.78 is 0. The highest BCUT2D eigenvalue weighted by atomic mass is 16.2. The summed E-state index contributed by atoms with van der Waals surface area (Å²) in [5, 5.41) is 17.5. The van der Waals surface area contributed by atoms with E-state index in [-0.39, 0.29) is 6.61 Å². The lowest BCUT2D eigenvalue weighted by Gasteiger charge is -2.34. The van der Waals surface area contributed by atoms with Crippen molar-refractivity contribution in [1.29, 1.82) is 5.26 Å². The summed E-state index contributed by atoms with van der Waals surface area (Å²) in [5.41, 5.74) is 0.588. The molecule has 0 atom stereocenters. The van der Waals surface area contributed by atoms with Crippen LogP contribution in [0.3, 0.4) is 0 Å². The van der Waals surface area contributed by atoms with E-state index in [1.54, 1.807) is 12.3 Å². The molecule has 0 amide bonds. The standard InChI is InChI=1S/C16H19N3O/c1-19(16-9-6-14(11-17)12-18-16)15-7-4-13(5-8-15)3-2-10-20/h6,9,12-13,15,20H,4-5,7-8,10H2,1H3/t13-,15-. The van der Waals surface area contributed by atoms with E-state index in [0.717, 1.165) is 31.5 Å². The smallest absolute Gasteiger partial charge is 0.128 e. The van der Waals surface area contributed by atoms with E-state index in [0.29, 0.717) is 17.5 Å². The van der Waals surface area contributed by atoms with Crippen molar-refractivity contribution in [2.45, 2.75) is 31.7 Å². The third-order valence-corrected chi connectivity index (χ3v) is 3.87. The van der Waals surface area contributed by atoms with Crippen molar-refractivity contribution in [2.24, 2.45) is 5.92 Å². The van der Waals surface area contributed by atoms with Crippen LogP contribution in [0.5, 0.6) is 0 Å². The number of anilines is 1. The van der Waals surface area contributed by atoms with Crippen molar-refractivity contribution >= 4 is 5.82 Å². The number of rotatable bonds is 2. The van der Waals surface area contributed by atoms with Gasteiger partial charge in [0.25, 0.3) is 0 Å². The molecule has 1 aromatic rings. The highest BCUT2D eigenvalue weighted by Crippen LogP contribution is 2.28. The van der Waals surface area contributed by atoms with Crippen LogP contribution in [0.2, 0.25) is 0 Å². The lowest BCUT2D eigenvalue weighted by molar-refractivity contribution is 0.348. The quantitative estimate of drug-likeness (QED) is 0.834. The van der Waals surface area contributed by atoms with Gasteiger partial charge in [0.2, 0.25) is 0 Å². The molecule has 20 heavy (non-hydrogen) atoms. The summed E-state index contributed by atoms with van der Waals surface area (Å²) in [6, 6.07) is 6.26. The molecule has 1 heterocycles. The molecule has 1 aromatic heterocycles. The van der Waals surface area contributed by atoms with Crippen molar-refractivity contribution in [1.82, 2.24) is 4.98 Å². The number of hydrogen-bond donors (Lipinski definition) is 1. The minimum atomic E-state index is -0.0466. The first-order chi connectivity index (χ1) is 9.74. The number of aromatic nitrogens is 1. The lowest BCUT2D eigenvalue weighted by atomic mass is 9.86. The Bertz CT molecular complexity index is 528. The minimum Gasteiger partial charge on any atom is -0.384 e. The van der Waals surface area contributed by atoms with Crippen LogP contribution in [0.1, 0.15) is 31.2 Å². The molecule has 1 aliphatic carbocycles. The van der Waals surface area contributed by atoms with E-state index >= 15 is 0 Å². The molecule has 1 N–H and O–H groups in total. The molecule has 0 saturated heterocycles. The molecule has 104 valence electrons. The maximum absolute atomic E-state index is 8.78. The summed E-state index contributed by atoms with van der Waals surface area (Å²) >= 11 is 0. The molecule has 1 fully saturated rings. The van der Waals surface area contributed by atoms with Crippen LogP contribution in [-0.4, -0.2) is 29.8 Å². The Kier molecular flexibility index (Phi) is 4.98. The monoisotopic (exact) mass is 269 g/mol. The fourth-order valence-electron chi connectivity index (χ4n) is 2.65. The summed E-state index contributed by atoms with van der Waals surface area (Å²) in [6.07, 6.45) is 5.92. The normalized spacial score (nSPS) is 21.4. The van der Waals surface area contributed by atoms with Gasteiger partial charge in [-0.3, -0.25) is 0 Å². The average molecular weight is 269 g/mol. The lowest BCUT2D eigenvalue weighted by Crippen LogP contribution is -2.35. The molecule has 0 unspecified atom stereocenters. The number of pyridine rings is 1. The number of aliphatic hydroxyl groups excluding tert-OH is 1. The van der Waals surface area contributed by atoms with Crippen molar-refractivity contribution < 1.29 is 5.11 Å². The molecular weight excluding hydrogens is 250 g/mol. The summed E-state index contributed by atoms with van der Waals surface area (Å²) in [4.78, 5) is 6.53. The molecular formula is C16H19N3O. The predicted molar refractivity (Wildman–Crippen MR) is 78.0 cm³/mol. The van der Waals surface area contributed by atoms with Crippen molar-refractivity contribution in [3.05, 3.63) is 23.9 Å². The van der Waals surface area contributed by atoms with Gasteiger partial charge in [0.15, 0.2) is 0 Å². The van der Waals surface area contributed by atoms with E-state index < -0.39 is 0 Å². The third-order valence-electron chi connectivity index (χ3n) is 3.87. The van der Waals surface area contributed by atoms with E-state index in [9.17, 15) is 0 Å². The fraction of sp³-hybridized carbons (Fsp3) is 0.500. The molecule has 0 aromatic carbocycles. The minimum absolute atomic E-state index is 0.0466. The Morgan fingerprint density at radius 3 is 2.65 bits per heavy atom. The average Bonchev–Trinajstić information content (AvgIpc) is 2.53. The van der Waals surface area contributed by atoms with Gasteiger partial charge in [-0.25, -0.2) is 4.98 Å². The predicted octanol–water partition coefficient (Wildman–Crippen LogP) is 1.94. The van der Waals surface area contributed by atoms with E-state index in [1.165, 1.54) is 0 Å². The Morgan fingerprint density at radius 1 is 1.35 bits per heavy atom. The van der Waals surface area contributed by atoms with Gasteiger partial charge in [0.05, 0.1) is 5.56 Å². The zero-order valence-corrected chi connectivity index (χ0v) is 11.7. The maximum atomic E-state index is 8.78. The molecule has 1 saturated carbocycles. The molecule has 4 heteroatoms. The van der Waals surface area contributed by atoms with Crippen molar-refractivity contribution in [3.63, 3.8) is 0 Å². The maximum Gasteiger partial charge on any atom is 0.128 e. The summed E-state index contributed by atoms with van der Waals surface area (Å²) in [7, 11) is 2.05. The zero-order chi connectivity index (χ0) is 14.4. The Hall–Kier alpha value is -2.04. The van der Waals surface area contributed by atoms with Gasteiger partial charge in [-0.1, -0.05) is 11.8 Å². The molecule has 0 spiro atoms. The van der Waals surface area contributed by atoms with Crippen LogP contribution in [0.4, 0.5) is 5.82 Å². The van der Waals surface area contributed by atoms with Crippen LogP contribution >= 0.6 is 0 Å². The number of aliphatic hydroxyl groups is 1. The molecule has 2 rings (SSSR count). The molecule has 0 radical (unpaired) electrons. The van der Waals surface area contributed by atoms with Gasteiger partial charge >= 0.3 is 0 Å². The number of nitrogens with zero attached hydrogens (tertiary/aromatic N) is 3. The summed E-state index contributed by atoms with van der Waals surface area (Å²) in [6.45, 7) is -0.0466. The third kappa shape index (κ3) is 3.50. The molecule has 1 aliphatic rings. The van der Waals surface area contributed by atoms with Gasteiger partial charge < -0.3 is 10.0 Å². The van der Waals surface area contributed by atoms with Crippen LogP contribution in [0.15, 0.2) is 18.3 Å². The van der Waals surface area contributed by atoms with Crippen LogP contribution in [0, 0.1) is 29.1 Å². The largest absolute Gasteiger partial charge is 0.384 e. The van der Waals surface area contributed by atoms with Crippen molar-refractivity contribution in [2.75, 3.05) is 18.6 Å². The second kappa shape index (κ2) is 6.93. The molecule has 0 bridgehead atoms. The van der Waals surface area contributed by atoms with Gasteiger partial charge in [-0.15, -0.1) is 0 Å². The number of nitriles is 1. The first-order valence-electron chi connectivity index (χ1n) is 6.93. The first kappa shape index (κ1) is 14.4. The Morgan fingerprint density at radius 2 is 2.10 bits per heavy atom. The van der Waals surface area contributed by atoms with Gasteiger partial charge in [-0.05, 0) is 37.8 Å². The van der Waals surface area contributed by atoms with Crippen LogP contribution in [0.25, 0.3) is 0 Å². The molecule has 4 nitrogen and oxygen atoms in total. The SMILES string of the molecule is CN(c1ccc(C#N)cn1)[C@H]1CC[C@H](C#CCO)CC1. The van der Waals surface area contributed by atoms with Gasteiger partial charge in [0.1, 0.15) is 18.5 Å². The Balaban J connectivity index is 1.94. The van der Waals surface area contributed by atoms with E-state index in [1.807, 2.05) is 6.07 Å². The highest BCUT2D eigenvalue weighted by Gasteiger charge is 2.23. The number of hydrogen-bond acceptors (Lipinski definition) is 4. The van der Waals surface area contributed by atoms with Crippen LogP contribution in [-0.2, 0) is 0 Å². The van der Waals surface area contributed by atoms with Crippen molar-refractivity contribution in [3.8, 4) is 17.9 Å².